The zero-order valence-corrected chi connectivity index (χ0v) is 20.5. The molecule has 0 aliphatic carbocycles. The summed E-state index contributed by atoms with van der Waals surface area (Å²) in [6.45, 7) is 9.82. The second kappa shape index (κ2) is 11.5. The van der Waals surface area contributed by atoms with Crippen LogP contribution >= 0.6 is 35.3 Å². The lowest BCUT2D eigenvalue weighted by Gasteiger charge is -2.16. The Morgan fingerprint density at radius 1 is 1.28 bits per heavy atom. The van der Waals surface area contributed by atoms with E-state index in [1.54, 1.807) is 11.3 Å². The summed E-state index contributed by atoms with van der Waals surface area (Å²) >= 11 is 1.72. The van der Waals surface area contributed by atoms with Crippen LogP contribution in [0.1, 0.15) is 46.5 Å². The van der Waals surface area contributed by atoms with Crippen LogP contribution in [0.25, 0.3) is 0 Å². The highest BCUT2D eigenvalue weighted by atomic mass is 127. The van der Waals surface area contributed by atoms with Gasteiger partial charge in [0, 0.05) is 30.9 Å². The van der Waals surface area contributed by atoms with Gasteiger partial charge in [0.25, 0.3) is 0 Å². The molecule has 29 heavy (non-hydrogen) atoms. The van der Waals surface area contributed by atoms with Crippen LogP contribution in [0.5, 0.6) is 0 Å². The van der Waals surface area contributed by atoms with Crippen LogP contribution in [0.4, 0.5) is 0 Å². The Hall–Kier alpha value is -1.68. The molecule has 1 fully saturated rings. The molecule has 1 aromatic carbocycles. The van der Waals surface area contributed by atoms with E-state index in [-0.39, 0.29) is 29.9 Å². The van der Waals surface area contributed by atoms with Gasteiger partial charge in [0.2, 0.25) is 5.91 Å². The molecule has 1 aromatic heterocycles. The van der Waals surface area contributed by atoms with Gasteiger partial charge in [0.15, 0.2) is 5.96 Å². The first-order chi connectivity index (χ1) is 13.5. The first-order valence-electron chi connectivity index (χ1n) is 9.86. The average Bonchev–Trinajstić information content (AvgIpc) is 3.22. The van der Waals surface area contributed by atoms with Gasteiger partial charge in [-0.1, -0.05) is 24.3 Å². The van der Waals surface area contributed by atoms with Crippen LogP contribution in [-0.2, 0) is 24.4 Å². The molecule has 1 aliphatic heterocycles. The molecule has 0 radical (unpaired) electrons. The zero-order chi connectivity index (χ0) is 19.9. The van der Waals surface area contributed by atoms with Crippen molar-refractivity contribution in [3.8, 4) is 0 Å². The fourth-order valence-corrected chi connectivity index (χ4v) is 4.21. The number of carbonyl (C=O) groups excluding carboxylic acids is 1. The number of benzene rings is 1. The van der Waals surface area contributed by atoms with Crippen LogP contribution in [0.2, 0.25) is 0 Å². The summed E-state index contributed by atoms with van der Waals surface area (Å²) in [6.07, 6.45) is 1.65. The van der Waals surface area contributed by atoms with Crippen LogP contribution in [0.15, 0.2) is 29.3 Å². The lowest BCUT2D eigenvalue weighted by molar-refractivity contribution is -0.128. The van der Waals surface area contributed by atoms with Crippen molar-refractivity contribution in [2.75, 3.05) is 13.1 Å². The maximum Gasteiger partial charge on any atom is 0.222 e. The number of hydrogen-bond acceptors (Lipinski definition) is 4. The molecular weight excluding hydrogens is 497 g/mol. The number of nitrogens with zero attached hydrogens (tertiary/aromatic N) is 3. The van der Waals surface area contributed by atoms with Crippen LogP contribution < -0.4 is 10.6 Å². The van der Waals surface area contributed by atoms with E-state index in [1.165, 1.54) is 4.88 Å². The smallest absolute Gasteiger partial charge is 0.222 e. The number of amides is 1. The molecule has 1 amide bonds. The number of aliphatic imine (C=N–C) groups is 1. The van der Waals surface area contributed by atoms with Gasteiger partial charge in [-0.2, -0.15) is 0 Å². The number of hydrogen-bond donors (Lipinski definition) is 2. The number of thiazole rings is 1. The van der Waals surface area contributed by atoms with Gasteiger partial charge in [-0.3, -0.25) is 4.79 Å². The molecule has 2 heterocycles. The second-order valence-electron chi connectivity index (χ2n) is 7.03. The Labute approximate surface area is 194 Å². The summed E-state index contributed by atoms with van der Waals surface area (Å²) < 4.78 is 0. The molecule has 0 atom stereocenters. The summed E-state index contributed by atoms with van der Waals surface area (Å²) in [5, 5.41) is 7.78. The van der Waals surface area contributed by atoms with E-state index in [9.17, 15) is 4.79 Å². The molecule has 6 nitrogen and oxygen atoms in total. The van der Waals surface area contributed by atoms with E-state index in [1.807, 2.05) is 24.8 Å². The highest BCUT2D eigenvalue weighted by molar-refractivity contribution is 14.0. The van der Waals surface area contributed by atoms with E-state index in [0.717, 1.165) is 53.8 Å². The van der Waals surface area contributed by atoms with E-state index >= 15 is 0 Å². The highest BCUT2D eigenvalue weighted by Gasteiger charge is 2.19. The maximum atomic E-state index is 11.8. The van der Waals surface area contributed by atoms with Gasteiger partial charge in [-0.05, 0) is 38.3 Å². The molecule has 2 N–H and O–H groups in total. The molecule has 0 spiro atoms. The lowest BCUT2D eigenvalue weighted by atomic mass is 10.1. The molecule has 8 heteroatoms. The minimum absolute atomic E-state index is 0. The SMILES string of the molecule is CCNC(=NCc1cccc(CN2CCCC2=O)c1)NCc1sc(C)nc1C.I. The average molecular weight is 527 g/mol. The molecule has 2 aromatic rings. The van der Waals surface area contributed by atoms with Crippen molar-refractivity contribution in [2.45, 2.75) is 53.2 Å². The monoisotopic (exact) mass is 527 g/mol. The largest absolute Gasteiger partial charge is 0.357 e. The molecule has 3 rings (SSSR count). The van der Waals surface area contributed by atoms with Crippen LogP contribution in [0.3, 0.4) is 0 Å². The maximum absolute atomic E-state index is 11.8. The third-order valence-electron chi connectivity index (χ3n) is 4.72. The Balaban J connectivity index is 0.00000300. The predicted molar refractivity (Wildman–Crippen MR) is 130 cm³/mol. The van der Waals surface area contributed by atoms with Gasteiger partial charge in [0.05, 0.1) is 23.8 Å². The first kappa shape index (κ1) is 23.6. The number of nitrogens with one attached hydrogen (secondary N) is 2. The molecule has 0 unspecified atom stereocenters. The summed E-state index contributed by atoms with van der Waals surface area (Å²) in [7, 11) is 0. The van der Waals surface area contributed by atoms with Crippen molar-refractivity contribution >= 4 is 47.2 Å². The van der Waals surface area contributed by atoms with Crippen molar-refractivity contribution in [2.24, 2.45) is 4.99 Å². The van der Waals surface area contributed by atoms with Gasteiger partial charge >= 0.3 is 0 Å². The van der Waals surface area contributed by atoms with Gasteiger partial charge < -0.3 is 15.5 Å². The van der Waals surface area contributed by atoms with E-state index in [4.69, 9.17) is 4.99 Å². The van der Waals surface area contributed by atoms with Crippen molar-refractivity contribution in [3.63, 3.8) is 0 Å². The van der Waals surface area contributed by atoms with E-state index in [0.29, 0.717) is 19.5 Å². The van der Waals surface area contributed by atoms with E-state index < -0.39 is 0 Å². The third-order valence-corrected chi connectivity index (χ3v) is 5.79. The Morgan fingerprint density at radius 3 is 2.72 bits per heavy atom. The lowest BCUT2D eigenvalue weighted by Crippen LogP contribution is -2.36. The molecule has 0 saturated carbocycles. The van der Waals surface area contributed by atoms with Crippen LogP contribution in [0, 0.1) is 13.8 Å². The third kappa shape index (κ3) is 6.95. The number of likely N-dealkylation sites (tertiary alicyclic amines) is 1. The van der Waals surface area contributed by atoms with Gasteiger partial charge in [0.1, 0.15) is 0 Å². The topological polar surface area (TPSA) is 69.6 Å². The minimum Gasteiger partial charge on any atom is -0.357 e. The summed E-state index contributed by atoms with van der Waals surface area (Å²) in [6, 6.07) is 8.36. The molecule has 158 valence electrons. The summed E-state index contributed by atoms with van der Waals surface area (Å²) in [5.41, 5.74) is 3.39. The molecule has 1 saturated heterocycles. The zero-order valence-electron chi connectivity index (χ0n) is 17.3. The number of guanidine groups is 1. The molecular formula is C21H30IN5OS. The summed E-state index contributed by atoms with van der Waals surface area (Å²) in [4.78, 5) is 24.2. The molecule has 1 aliphatic rings. The quantitative estimate of drug-likeness (QED) is 0.327. The fraction of sp³-hybridized carbons (Fsp3) is 0.476. The normalized spacial score (nSPS) is 14.1. The van der Waals surface area contributed by atoms with Crippen LogP contribution in [-0.4, -0.2) is 34.8 Å². The summed E-state index contributed by atoms with van der Waals surface area (Å²) in [5.74, 6) is 1.06. The predicted octanol–water partition coefficient (Wildman–Crippen LogP) is 3.76. The molecule has 0 bridgehead atoms. The first-order valence-corrected chi connectivity index (χ1v) is 10.7. The van der Waals surface area contributed by atoms with Crippen molar-refractivity contribution in [3.05, 3.63) is 51.0 Å². The number of halogens is 1. The number of aryl methyl sites for hydroxylation is 2. The van der Waals surface area contributed by atoms with Crippen molar-refractivity contribution in [1.29, 1.82) is 0 Å². The number of carbonyl (C=O) groups is 1. The Morgan fingerprint density at radius 2 is 2.07 bits per heavy atom. The number of aromatic nitrogens is 1. The Bertz CT molecular complexity index is 851. The van der Waals surface area contributed by atoms with E-state index in [2.05, 4.69) is 40.7 Å². The van der Waals surface area contributed by atoms with Crippen molar-refractivity contribution < 1.29 is 4.79 Å². The fourth-order valence-electron chi connectivity index (χ4n) is 3.33. The highest BCUT2D eigenvalue weighted by Crippen LogP contribution is 2.17. The van der Waals surface area contributed by atoms with Gasteiger partial charge in [-0.15, -0.1) is 35.3 Å². The second-order valence-corrected chi connectivity index (χ2v) is 8.32. The standard InChI is InChI=1S/C21H29N5OS.HI/c1-4-22-21(24-13-19-15(2)25-16(3)28-19)23-12-17-7-5-8-18(11-17)14-26-10-6-9-20(26)27;/h5,7-8,11H,4,6,9-10,12-14H2,1-3H3,(H2,22,23,24);1H. The number of rotatable bonds is 7. The van der Waals surface area contributed by atoms with Gasteiger partial charge in [-0.25, -0.2) is 9.98 Å². The van der Waals surface area contributed by atoms with Crippen molar-refractivity contribution in [1.82, 2.24) is 20.5 Å². The minimum atomic E-state index is 0. The Kier molecular flexibility index (Phi) is 9.35.